The Hall–Kier alpha value is -0.960. The number of nitrogens with one attached hydrogen (secondary N) is 1. The van der Waals surface area contributed by atoms with Crippen molar-refractivity contribution in [3.63, 3.8) is 0 Å². The number of aryl methyl sites for hydroxylation is 2. The largest absolute Gasteiger partial charge is 0.323 e. The minimum Gasteiger partial charge on any atom is -0.323 e. The first-order valence-corrected chi connectivity index (χ1v) is 7.23. The van der Waals surface area contributed by atoms with E-state index in [9.17, 15) is 0 Å². The molecule has 0 saturated carbocycles. The molecule has 1 N–H and O–H groups in total. The van der Waals surface area contributed by atoms with E-state index in [1.54, 1.807) is 0 Å². The Labute approximate surface area is 111 Å². The molecule has 0 radical (unpaired) electrons. The normalized spacial score (nSPS) is 22.2. The molecule has 1 aromatic rings. The molecule has 0 amide bonds. The zero-order chi connectivity index (χ0) is 13.1. The summed E-state index contributed by atoms with van der Waals surface area (Å²) < 4.78 is 2.25. The van der Waals surface area contributed by atoms with E-state index in [0.29, 0.717) is 12.1 Å². The van der Waals surface area contributed by atoms with Crippen LogP contribution < -0.4 is 5.43 Å². The number of aromatic nitrogens is 1. The summed E-state index contributed by atoms with van der Waals surface area (Å²) in [5, 5.41) is 0. The molecule has 1 atom stereocenters. The van der Waals surface area contributed by atoms with Crippen LogP contribution >= 0.6 is 0 Å². The fourth-order valence-electron chi connectivity index (χ4n) is 2.82. The molecule has 1 unspecified atom stereocenters. The molecule has 1 fully saturated rings. The number of hydrogen-bond acceptors (Lipinski definition) is 2. The Bertz CT molecular complexity index is 362. The van der Waals surface area contributed by atoms with Gasteiger partial charge in [0.15, 0.2) is 0 Å². The third-order valence-corrected chi connectivity index (χ3v) is 4.08. The first-order valence-electron chi connectivity index (χ1n) is 7.23. The summed E-state index contributed by atoms with van der Waals surface area (Å²) in [4.78, 5) is 2.59. The second kappa shape index (κ2) is 5.79. The summed E-state index contributed by atoms with van der Waals surface area (Å²) in [6.45, 7) is 11.4. The molecular formula is C15H27N3. The van der Waals surface area contributed by atoms with E-state index in [2.05, 4.69) is 54.8 Å². The van der Waals surface area contributed by atoms with Crippen molar-refractivity contribution in [2.45, 2.75) is 59.0 Å². The molecule has 3 nitrogen and oxygen atoms in total. The predicted octanol–water partition coefficient (Wildman–Crippen LogP) is 2.91. The van der Waals surface area contributed by atoms with Crippen molar-refractivity contribution in [3.8, 4) is 0 Å². The molecule has 3 heteroatoms. The Balaban J connectivity index is 1.95. The van der Waals surface area contributed by atoms with Crippen molar-refractivity contribution in [2.75, 3.05) is 18.5 Å². The minimum absolute atomic E-state index is 0.610. The molecule has 18 heavy (non-hydrogen) atoms. The summed E-state index contributed by atoms with van der Waals surface area (Å²) in [5.41, 5.74) is 6.29. The van der Waals surface area contributed by atoms with Crippen LogP contribution in [-0.2, 0) is 0 Å². The van der Waals surface area contributed by atoms with Crippen molar-refractivity contribution in [1.82, 2.24) is 9.58 Å². The Kier molecular flexibility index (Phi) is 4.33. The van der Waals surface area contributed by atoms with Crippen LogP contribution in [0.5, 0.6) is 0 Å². The van der Waals surface area contributed by atoms with E-state index < -0.39 is 0 Å². The third-order valence-electron chi connectivity index (χ3n) is 4.08. The highest BCUT2D eigenvalue weighted by molar-refractivity contribution is 5.16. The maximum Gasteiger partial charge on any atom is 0.0437 e. The molecule has 2 heterocycles. The van der Waals surface area contributed by atoms with Gasteiger partial charge in [0, 0.05) is 30.0 Å². The van der Waals surface area contributed by atoms with Gasteiger partial charge >= 0.3 is 0 Å². The lowest BCUT2D eigenvalue weighted by molar-refractivity contribution is 0.230. The molecule has 0 aromatic carbocycles. The van der Waals surface area contributed by atoms with E-state index in [4.69, 9.17) is 0 Å². The lowest BCUT2D eigenvalue weighted by Gasteiger charge is -2.25. The molecule has 1 aliphatic heterocycles. The van der Waals surface area contributed by atoms with Crippen LogP contribution in [-0.4, -0.2) is 34.7 Å². The molecular weight excluding hydrogens is 222 g/mol. The van der Waals surface area contributed by atoms with E-state index in [0.717, 1.165) is 0 Å². The molecule has 1 aromatic heterocycles. The number of likely N-dealkylation sites (tertiary alicyclic amines) is 1. The topological polar surface area (TPSA) is 20.2 Å². The molecule has 102 valence electrons. The van der Waals surface area contributed by atoms with Crippen molar-refractivity contribution in [2.24, 2.45) is 0 Å². The fourth-order valence-corrected chi connectivity index (χ4v) is 2.82. The SMILES string of the molecule is Cc1ccc(C)n1NC1CCCN(C(C)C)CC1. The van der Waals surface area contributed by atoms with Crippen LogP contribution in [0.15, 0.2) is 12.1 Å². The van der Waals surface area contributed by atoms with Gasteiger partial charge in [-0.3, -0.25) is 4.68 Å². The van der Waals surface area contributed by atoms with Gasteiger partial charge in [0.2, 0.25) is 0 Å². The van der Waals surface area contributed by atoms with Crippen LogP contribution in [0.3, 0.4) is 0 Å². The first kappa shape index (κ1) is 13.5. The average molecular weight is 249 g/mol. The van der Waals surface area contributed by atoms with E-state index in [-0.39, 0.29) is 0 Å². The van der Waals surface area contributed by atoms with Gasteiger partial charge < -0.3 is 10.3 Å². The lowest BCUT2D eigenvalue weighted by atomic mass is 10.1. The summed E-state index contributed by atoms with van der Waals surface area (Å²) in [6, 6.07) is 5.65. The van der Waals surface area contributed by atoms with E-state index >= 15 is 0 Å². The predicted molar refractivity (Wildman–Crippen MR) is 77.6 cm³/mol. The van der Waals surface area contributed by atoms with Crippen LogP contribution in [0, 0.1) is 13.8 Å². The smallest absolute Gasteiger partial charge is 0.0437 e. The molecule has 1 saturated heterocycles. The molecule has 0 bridgehead atoms. The van der Waals surface area contributed by atoms with Gasteiger partial charge in [-0.25, -0.2) is 0 Å². The second-order valence-electron chi connectivity index (χ2n) is 5.84. The Morgan fingerprint density at radius 2 is 1.78 bits per heavy atom. The van der Waals surface area contributed by atoms with Gasteiger partial charge in [-0.05, 0) is 65.6 Å². The zero-order valence-electron chi connectivity index (χ0n) is 12.2. The number of rotatable bonds is 3. The third kappa shape index (κ3) is 3.08. The van der Waals surface area contributed by atoms with Gasteiger partial charge in [0.25, 0.3) is 0 Å². The molecule has 0 aliphatic carbocycles. The minimum atomic E-state index is 0.610. The highest BCUT2D eigenvalue weighted by Gasteiger charge is 2.19. The quantitative estimate of drug-likeness (QED) is 0.889. The van der Waals surface area contributed by atoms with E-state index in [1.807, 2.05) is 0 Å². The van der Waals surface area contributed by atoms with Crippen molar-refractivity contribution >= 4 is 0 Å². The summed E-state index contributed by atoms with van der Waals surface area (Å²) in [5.74, 6) is 0. The van der Waals surface area contributed by atoms with Crippen molar-refractivity contribution in [1.29, 1.82) is 0 Å². The maximum atomic E-state index is 3.69. The highest BCUT2D eigenvalue weighted by Crippen LogP contribution is 2.15. The summed E-state index contributed by atoms with van der Waals surface area (Å²) >= 11 is 0. The summed E-state index contributed by atoms with van der Waals surface area (Å²) in [6.07, 6.45) is 3.82. The summed E-state index contributed by atoms with van der Waals surface area (Å²) in [7, 11) is 0. The van der Waals surface area contributed by atoms with Gasteiger partial charge in [0.05, 0.1) is 0 Å². The van der Waals surface area contributed by atoms with Gasteiger partial charge in [-0.2, -0.15) is 0 Å². The van der Waals surface area contributed by atoms with Crippen LogP contribution in [0.25, 0.3) is 0 Å². The van der Waals surface area contributed by atoms with Crippen LogP contribution in [0.4, 0.5) is 0 Å². The molecule has 2 rings (SSSR count). The first-order chi connectivity index (χ1) is 8.58. The molecule has 1 aliphatic rings. The second-order valence-corrected chi connectivity index (χ2v) is 5.84. The number of hydrogen-bond donors (Lipinski definition) is 1. The zero-order valence-corrected chi connectivity index (χ0v) is 12.2. The van der Waals surface area contributed by atoms with Gasteiger partial charge in [-0.15, -0.1) is 0 Å². The Morgan fingerprint density at radius 3 is 2.39 bits per heavy atom. The van der Waals surface area contributed by atoms with Crippen molar-refractivity contribution in [3.05, 3.63) is 23.5 Å². The Morgan fingerprint density at radius 1 is 1.11 bits per heavy atom. The highest BCUT2D eigenvalue weighted by atomic mass is 15.4. The fraction of sp³-hybridized carbons (Fsp3) is 0.733. The average Bonchev–Trinajstić information content (AvgIpc) is 2.57. The molecule has 0 spiro atoms. The number of nitrogens with zero attached hydrogens (tertiary/aromatic N) is 2. The maximum absolute atomic E-state index is 3.69. The van der Waals surface area contributed by atoms with Crippen LogP contribution in [0.1, 0.15) is 44.5 Å². The van der Waals surface area contributed by atoms with Crippen LogP contribution in [0.2, 0.25) is 0 Å². The van der Waals surface area contributed by atoms with Crippen molar-refractivity contribution < 1.29 is 0 Å². The monoisotopic (exact) mass is 249 g/mol. The van der Waals surface area contributed by atoms with Gasteiger partial charge in [-0.1, -0.05) is 0 Å². The van der Waals surface area contributed by atoms with Gasteiger partial charge in [0.1, 0.15) is 0 Å². The lowest BCUT2D eigenvalue weighted by Crippen LogP contribution is -2.33. The van der Waals surface area contributed by atoms with E-state index in [1.165, 1.54) is 43.7 Å². The standard InChI is InChI=1S/C15H27N3/c1-12(2)17-10-5-6-15(9-11-17)16-18-13(3)7-8-14(18)4/h7-8,12,15-16H,5-6,9-11H2,1-4H3.